The summed E-state index contributed by atoms with van der Waals surface area (Å²) in [5, 5.41) is 0.706. The normalized spacial score (nSPS) is 12.7. The summed E-state index contributed by atoms with van der Waals surface area (Å²) in [7, 11) is 0. The van der Waals surface area contributed by atoms with Crippen LogP contribution in [-0.4, -0.2) is 19.5 Å². The van der Waals surface area contributed by atoms with Crippen molar-refractivity contribution in [3.63, 3.8) is 0 Å². The van der Waals surface area contributed by atoms with E-state index < -0.39 is 0 Å². The van der Waals surface area contributed by atoms with Gasteiger partial charge in [-0.1, -0.05) is 12.1 Å². The second-order valence-electron chi connectivity index (χ2n) is 6.56. The van der Waals surface area contributed by atoms with E-state index in [2.05, 4.69) is 15.0 Å². The maximum atomic E-state index is 14.0. The predicted octanol–water partition coefficient (Wildman–Crippen LogP) is 4.61. The van der Waals surface area contributed by atoms with Crippen molar-refractivity contribution in [1.82, 2.24) is 19.5 Å². The maximum absolute atomic E-state index is 14.0. The van der Waals surface area contributed by atoms with Crippen LogP contribution in [0.15, 0.2) is 42.6 Å². The van der Waals surface area contributed by atoms with Crippen LogP contribution in [0.4, 0.5) is 8.78 Å². The third kappa shape index (κ3) is 2.61. The van der Waals surface area contributed by atoms with Crippen LogP contribution in [0.2, 0.25) is 0 Å². The average molecular weight is 360 g/mol. The molecule has 0 N–H and O–H groups in total. The molecular weight excluding hydrogens is 346 g/mol. The summed E-state index contributed by atoms with van der Waals surface area (Å²) in [5.74, 6) is 0.639. The first-order valence-electron chi connectivity index (χ1n) is 8.55. The molecule has 2 aromatic heterocycles. The number of halogens is 2. The van der Waals surface area contributed by atoms with Gasteiger partial charge in [-0.3, -0.25) is 0 Å². The molecule has 6 heteroatoms. The number of nitrogens with zero attached hydrogens (tertiary/aromatic N) is 4. The molecule has 0 bridgehead atoms. The second kappa shape index (κ2) is 5.81. The Hall–Kier alpha value is -3.41. The lowest BCUT2D eigenvalue weighted by molar-refractivity contribution is 0.625. The van der Waals surface area contributed by atoms with Gasteiger partial charge in [0.25, 0.3) is 0 Å². The lowest BCUT2D eigenvalue weighted by atomic mass is 10.1. The van der Waals surface area contributed by atoms with Gasteiger partial charge in [0.15, 0.2) is 5.82 Å². The van der Waals surface area contributed by atoms with E-state index in [4.69, 9.17) is 0 Å². The van der Waals surface area contributed by atoms with Gasteiger partial charge >= 0.3 is 0 Å². The highest BCUT2D eigenvalue weighted by atomic mass is 19.1. The number of fused-ring (bicyclic) bond motifs is 4. The van der Waals surface area contributed by atoms with E-state index in [9.17, 15) is 8.78 Å². The number of aryl methyl sites for hydroxylation is 1. The summed E-state index contributed by atoms with van der Waals surface area (Å²) in [5.41, 5.74) is 3.65. The first-order chi connectivity index (χ1) is 13.1. The van der Waals surface area contributed by atoms with Gasteiger partial charge in [0.05, 0.1) is 5.69 Å². The Bertz CT molecular complexity index is 1240. The molecule has 0 saturated carbocycles. The number of hydrogen-bond donors (Lipinski definition) is 0. The van der Waals surface area contributed by atoms with E-state index in [0.717, 1.165) is 28.3 Å². The van der Waals surface area contributed by atoms with Crippen LogP contribution in [0.3, 0.4) is 0 Å². The maximum Gasteiger partial charge on any atom is 0.153 e. The Morgan fingerprint density at radius 3 is 2.81 bits per heavy atom. The number of benzene rings is 2. The zero-order valence-corrected chi connectivity index (χ0v) is 14.4. The van der Waals surface area contributed by atoms with Gasteiger partial charge in [-0.15, -0.1) is 0 Å². The minimum absolute atomic E-state index is 0.240. The van der Waals surface area contributed by atoms with Crippen LogP contribution in [0.5, 0.6) is 0 Å². The average Bonchev–Trinajstić information content (AvgIpc) is 3.17. The van der Waals surface area contributed by atoms with Crippen molar-refractivity contribution in [3.8, 4) is 11.4 Å². The Kier molecular flexibility index (Phi) is 3.40. The summed E-state index contributed by atoms with van der Waals surface area (Å²) >= 11 is 0. The Labute approximate surface area is 153 Å². The molecule has 0 saturated heterocycles. The molecule has 4 nitrogen and oxygen atoms in total. The van der Waals surface area contributed by atoms with Crippen LogP contribution in [0.25, 0.3) is 34.4 Å². The predicted molar refractivity (Wildman–Crippen MR) is 99.9 cm³/mol. The van der Waals surface area contributed by atoms with Crippen molar-refractivity contribution in [2.24, 2.45) is 0 Å². The minimum atomic E-state index is -0.363. The zero-order valence-electron chi connectivity index (χ0n) is 14.4. The molecule has 1 aliphatic heterocycles. The third-order valence-electron chi connectivity index (χ3n) is 4.73. The molecule has 0 fully saturated rings. The van der Waals surface area contributed by atoms with E-state index in [1.54, 1.807) is 30.4 Å². The molecule has 0 amide bonds. The molecular formula is C21H14F2N4. The summed E-state index contributed by atoms with van der Waals surface area (Å²) in [6.07, 6.45) is 5.43. The molecule has 5 rings (SSSR count). The van der Waals surface area contributed by atoms with Crippen LogP contribution >= 0.6 is 0 Å². The van der Waals surface area contributed by atoms with Crippen molar-refractivity contribution >= 4 is 23.1 Å². The fourth-order valence-electron chi connectivity index (χ4n) is 3.47. The lowest BCUT2D eigenvalue weighted by Gasteiger charge is -2.03. The number of hydrogen-bond acceptors (Lipinski definition) is 3. The van der Waals surface area contributed by atoms with Gasteiger partial charge in [-0.05, 0) is 48.9 Å². The second-order valence-corrected chi connectivity index (χ2v) is 6.56. The van der Waals surface area contributed by atoms with Crippen LogP contribution in [0, 0.1) is 18.6 Å². The zero-order chi connectivity index (χ0) is 18.5. The molecule has 3 heterocycles. The molecule has 4 aromatic rings. The van der Waals surface area contributed by atoms with Crippen molar-refractivity contribution in [1.29, 1.82) is 0 Å². The molecule has 1 aliphatic rings. The van der Waals surface area contributed by atoms with E-state index in [1.807, 2.05) is 23.8 Å². The Morgan fingerprint density at radius 2 is 1.93 bits per heavy atom. The van der Waals surface area contributed by atoms with Crippen molar-refractivity contribution < 1.29 is 8.78 Å². The third-order valence-corrected chi connectivity index (χ3v) is 4.73. The van der Waals surface area contributed by atoms with Gasteiger partial charge < -0.3 is 4.57 Å². The van der Waals surface area contributed by atoms with Crippen molar-refractivity contribution in [2.45, 2.75) is 13.5 Å². The monoisotopic (exact) mass is 360 g/mol. The fraction of sp³-hybridized carbons (Fsp3) is 0.0952. The van der Waals surface area contributed by atoms with E-state index in [1.165, 1.54) is 12.1 Å². The first-order valence-corrected chi connectivity index (χ1v) is 8.55. The number of aromatic nitrogens is 4. The number of rotatable bonds is 2. The fourth-order valence-corrected chi connectivity index (χ4v) is 3.47. The number of para-hydroxylation sites is 1. The van der Waals surface area contributed by atoms with Crippen molar-refractivity contribution in [3.05, 3.63) is 77.0 Å². The molecule has 0 radical (unpaired) electrons. The van der Waals surface area contributed by atoms with Crippen LogP contribution in [0.1, 0.15) is 22.8 Å². The Morgan fingerprint density at radius 1 is 1.04 bits per heavy atom. The standard InChI is InChI=1S/C21H14F2N4/c1-12-16-3-2-4-18(23)20(16)26-19(24-12)8-6-15-11-27-10-13-9-14(22)5-7-17(13)21(27)25-15/h2-9,11H,10H2,1H3/b8-6+. The topological polar surface area (TPSA) is 43.6 Å². The highest BCUT2D eigenvalue weighted by molar-refractivity contribution is 5.82. The SMILES string of the molecule is Cc1nc(/C=C/c2cn3c(n2)-c2ccc(F)cc2C3)nc2c(F)cccc12. The van der Waals surface area contributed by atoms with Gasteiger partial charge in [0, 0.05) is 29.4 Å². The molecule has 132 valence electrons. The highest BCUT2D eigenvalue weighted by Crippen LogP contribution is 2.32. The molecule has 2 aromatic carbocycles. The highest BCUT2D eigenvalue weighted by Gasteiger charge is 2.20. The van der Waals surface area contributed by atoms with E-state index >= 15 is 0 Å². The van der Waals surface area contributed by atoms with Gasteiger partial charge in [-0.2, -0.15) is 0 Å². The first kappa shape index (κ1) is 15.8. The van der Waals surface area contributed by atoms with Crippen LogP contribution < -0.4 is 0 Å². The van der Waals surface area contributed by atoms with Gasteiger partial charge in [0.2, 0.25) is 0 Å². The largest absolute Gasteiger partial charge is 0.326 e. The minimum Gasteiger partial charge on any atom is -0.326 e. The summed E-state index contributed by atoms with van der Waals surface area (Å²) < 4.78 is 29.4. The van der Waals surface area contributed by atoms with Crippen LogP contribution in [-0.2, 0) is 6.54 Å². The summed E-state index contributed by atoms with van der Waals surface area (Å²) in [6.45, 7) is 2.43. The quantitative estimate of drug-likeness (QED) is 0.462. The molecule has 27 heavy (non-hydrogen) atoms. The Balaban J connectivity index is 1.50. The lowest BCUT2D eigenvalue weighted by Crippen LogP contribution is -1.95. The van der Waals surface area contributed by atoms with E-state index in [0.29, 0.717) is 23.3 Å². The summed E-state index contributed by atoms with van der Waals surface area (Å²) in [6, 6.07) is 9.59. The van der Waals surface area contributed by atoms with Crippen molar-refractivity contribution in [2.75, 3.05) is 0 Å². The molecule has 0 atom stereocenters. The van der Waals surface area contributed by atoms with Gasteiger partial charge in [0.1, 0.15) is 23.0 Å². The smallest absolute Gasteiger partial charge is 0.153 e. The number of imidazole rings is 1. The summed E-state index contributed by atoms with van der Waals surface area (Å²) in [4.78, 5) is 13.3. The molecule has 0 spiro atoms. The van der Waals surface area contributed by atoms with Gasteiger partial charge in [-0.25, -0.2) is 23.7 Å². The molecule has 0 unspecified atom stereocenters. The molecule has 0 aliphatic carbocycles. The van der Waals surface area contributed by atoms with E-state index in [-0.39, 0.29) is 11.6 Å².